The topological polar surface area (TPSA) is 102 Å². The van der Waals surface area contributed by atoms with E-state index in [0.29, 0.717) is 55.4 Å². The van der Waals surface area contributed by atoms with Gasteiger partial charge < -0.3 is 34.3 Å². The van der Waals surface area contributed by atoms with E-state index in [1.165, 1.54) is 35.2 Å². The molecule has 2 heterocycles. The van der Waals surface area contributed by atoms with Gasteiger partial charge in [0.2, 0.25) is 0 Å². The van der Waals surface area contributed by atoms with Crippen molar-refractivity contribution in [1.82, 2.24) is 9.88 Å². The maximum Gasteiger partial charge on any atom is 0.329 e. The number of pyridine rings is 1. The molecule has 54 heavy (non-hydrogen) atoms. The number of ether oxygens (including phenoxy) is 4. The molecule has 1 fully saturated rings. The molecule has 4 atom stereocenters. The van der Waals surface area contributed by atoms with Crippen molar-refractivity contribution < 1.29 is 28.8 Å². The predicted octanol–water partition coefficient (Wildman–Crippen LogP) is 8.56. The van der Waals surface area contributed by atoms with Crippen molar-refractivity contribution >= 4 is 23.3 Å². The number of halogens is 1. The van der Waals surface area contributed by atoms with Gasteiger partial charge in [-0.25, -0.2) is 4.79 Å². The number of carboxylic acids is 1. The Hall–Kier alpha value is -3.53. The fraction of sp³-hybridized carbons (Fsp3) is 0.591. The van der Waals surface area contributed by atoms with Crippen LogP contribution in [0.5, 0.6) is 17.2 Å². The van der Waals surface area contributed by atoms with Gasteiger partial charge in [-0.05, 0) is 142 Å². The lowest BCUT2D eigenvalue weighted by Gasteiger charge is -2.47. The van der Waals surface area contributed by atoms with E-state index < -0.39 is 11.5 Å². The van der Waals surface area contributed by atoms with Crippen LogP contribution >= 0.6 is 11.6 Å². The maximum absolute atomic E-state index is 13.1. The van der Waals surface area contributed by atoms with E-state index in [-0.39, 0.29) is 11.3 Å². The Morgan fingerprint density at radius 1 is 1.13 bits per heavy atom. The number of hydrogen-bond donors (Lipinski definition) is 2. The van der Waals surface area contributed by atoms with E-state index in [9.17, 15) is 9.90 Å². The quantitative estimate of drug-likeness (QED) is 0.157. The third-order valence-electron chi connectivity index (χ3n) is 12.8. The maximum atomic E-state index is 13.1. The van der Waals surface area contributed by atoms with Gasteiger partial charge >= 0.3 is 5.97 Å². The Kier molecular flexibility index (Phi) is 12.0. The highest BCUT2D eigenvalue weighted by Crippen LogP contribution is 2.58. The van der Waals surface area contributed by atoms with Crippen LogP contribution in [-0.2, 0) is 27.8 Å². The van der Waals surface area contributed by atoms with Crippen LogP contribution in [-0.4, -0.2) is 80.2 Å². The van der Waals surface area contributed by atoms with Crippen LogP contribution in [0.1, 0.15) is 93.5 Å². The summed E-state index contributed by atoms with van der Waals surface area (Å²) in [5, 5.41) is 14.7. The van der Waals surface area contributed by atoms with Crippen molar-refractivity contribution in [3.8, 4) is 17.2 Å². The zero-order valence-electron chi connectivity index (χ0n) is 32.5. The Morgan fingerprint density at radius 2 is 1.91 bits per heavy atom. The number of carbonyl (C=O) groups is 1. The average Bonchev–Trinajstić information content (AvgIpc) is 3.28. The van der Waals surface area contributed by atoms with Gasteiger partial charge in [-0.2, -0.15) is 0 Å². The molecule has 0 amide bonds. The molecule has 9 nitrogen and oxygen atoms in total. The standard InChI is InChI=1S/C44H58ClN3O6/c1-29(26-52-38-12-17-46-37-11-5-8-30(2)41(37)38)20-33-21-32-22-39-40(54-28-31(27-53-39)25-48(3)18-7-19-51-4)24-36(32)43(33)13-15-44(16-14-43,42(49)50)47-35-10-6-9-34(45)23-35/h6,9-10,12,17,22-24,29-31,33,47H,5,7-8,11,13-16,18-21,25-28H2,1-4H3,(H,49,50)/t29-,30-,31?,33+,43?,44?/m1/s1. The molecule has 1 aliphatic heterocycles. The molecule has 0 saturated heterocycles. The number of aryl methyl sites for hydroxylation is 1. The average molecular weight is 760 g/mol. The molecule has 1 unspecified atom stereocenters. The van der Waals surface area contributed by atoms with E-state index >= 15 is 0 Å². The van der Waals surface area contributed by atoms with Gasteiger partial charge in [-0.15, -0.1) is 0 Å². The second kappa shape index (κ2) is 16.7. The smallest absolute Gasteiger partial charge is 0.329 e. The van der Waals surface area contributed by atoms with Crippen molar-refractivity contribution in [1.29, 1.82) is 0 Å². The van der Waals surface area contributed by atoms with Crippen LogP contribution in [0.3, 0.4) is 0 Å². The molecule has 3 aliphatic carbocycles. The highest BCUT2D eigenvalue weighted by molar-refractivity contribution is 6.30. The number of fused-ring (bicyclic) bond motifs is 4. The Bertz CT molecular complexity index is 1780. The number of carboxylic acid groups (broad SMARTS) is 1. The SMILES string of the molecule is COCCCN(C)CC1COc2cc3c(cc2OC1)C1(CCC(Nc2cccc(Cl)c2)(C(=O)O)CC1)[C@@H](C[C@@H](C)COc1ccnc2c1[C@H](C)CCC2)C3. The number of nitrogens with one attached hydrogen (secondary N) is 1. The van der Waals surface area contributed by atoms with E-state index in [1.807, 2.05) is 36.5 Å². The second-order valence-electron chi connectivity index (χ2n) is 16.7. The lowest BCUT2D eigenvalue weighted by molar-refractivity contribution is -0.144. The predicted molar refractivity (Wildman–Crippen MR) is 213 cm³/mol. The molecule has 7 rings (SSSR count). The van der Waals surface area contributed by atoms with E-state index in [1.54, 1.807) is 7.11 Å². The molecule has 4 aliphatic rings. The van der Waals surface area contributed by atoms with Crippen LogP contribution in [0.2, 0.25) is 5.02 Å². The largest absolute Gasteiger partial charge is 0.493 e. The first-order valence-electron chi connectivity index (χ1n) is 20.1. The van der Waals surface area contributed by atoms with E-state index in [0.717, 1.165) is 81.2 Å². The molecule has 3 aromatic rings. The minimum atomic E-state index is -1.08. The number of benzene rings is 2. The monoisotopic (exact) mass is 759 g/mol. The van der Waals surface area contributed by atoms with Gasteiger partial charge in [-0.3, -0.25) is 4.98 Å². The number of methoxy groups -OCH3 is 1. The lowest BCUT2D eigenvalue weighted by atomic mass is 9.59. The summed E-state index contributed by atoms with van der Waals surface area (Å²) in [6.07, 6.45) is 10.7. The molecule has 2 aromatic carbocycles. The van der Waals surface area contributed by atoms with Crippen LogP contribution in [0.4, 0.5) is 5.69 Å². The molecule has 1 aromatic heterocycles. The summed E-state index contributed by atoms with van der Waals surface area (Å²) >= 11 is 6.32. The summed E-state index contributed by atoms with van der Waals surface area (Å²) < 4.78 is 24.9. The summed E-state index contributed by atoms with van der Waals surface area (Å²) in [6, 6.07) is 13.9. The molecule has 1 spiro atoms. The summed E-state index contributed by atoms with van der Waals surface area (Å²) in [6.45, 7) is 9.02. The van der Waals surface area contributed by atoms with Gasteiger partial charge in [0.1, 0.15) is 11.3 Å². The molecule has 292 valence electrons. The van der Waals surface area contributed by atoms with Gasteiger partial charge in [0.05, 0.1) is 19.8 Å². The summed E-state index contributed by atoms with van der Waals surface area (Å²) in [4.78, 5) is 20.1. The summed E-state index contributed by atoms with van der Waals surface area (Å²) in [7, 11) is 3.89. The molecule has 1 saturated carbocycles. The first-order chi connectivity index (χ1) is 26.1. The number of rotatable bonds is 14. The molecule has 0 bridgehead atoms. The molecular weight excluding hydrogens is 702 g/mol. The molecule has 10 heteroatoms. The van der Waals surface area contributed by atoms with Crippen molar-refractivity contribution in [2.75, 3.05) is 59.0 Å². The van der Waals surface area contributed by atoms with Crippen LogP contribution in [0.25, 0.3) is 0 Å². The molecular formula is C44H58ClN3O6. The highest BCUT2D eigenvalue weighted by atomic mass is 35.5. The number of nitrogens with zero attached hydrogens (tertiary/aromatic N) is 2. The van der Waals surface area contributed by atoms with Crippen molar-refractivity contribution in [3.05, 3.63) is 76.1 Å². The Labute approximate surface area is 326 Å². The number of anilines is 1. The molecule has 0 radical (unpaired) electrons. The van der Waals surface area contributed by atoms with Gasteiger partial charge in [0.25, 0.3) is 0 Å². The van der Waals surface area contributed by atoms with Crippen molar-refractivity contribution in [2.45, 2.75) is 94.9 Å². The van der Waals surface area contributed by atoms with Gasteiger partial charge in [0, 0.05) is 60.9 Å². The Morgan fingerprint density at radius 3 is 2.65 bits per heavy atom. The van der Waals surface area contributed by atoms with Crippen molar-refractivity contribution in [3.63, 3.8) is 0 Å². The van der Waals surface area contributed by atoms with Gasteiger partial charge in [-0.1, -0.05) is 31.5 Å². The minimum absolute atomic E-state index is 0.186. The van der Waals surface area contributed by atoms with Gasteiger partial charge in [0.15, 0.2) is 11.5 Å². The number of aromatic nitrogens is 1. The normalized spacial score (nSPS) is 26.5. The minimum Gasteiger partial charge on any atom is -0.493 e. The first-order valence-corrected chi connectivity index (χ1v) is 20.4. The summed E-state index contributed by atoms with van der Waals surface area (Å²) in [5.41, 5.74) is 4.54. The van der Waals surface area contributed by atoms with Crippen molar-refractivity contribution in [2.24, 2.45) is 17.8 Å². The number of aliphatic carboxylic acids is 1. The van der Waals surface area contributed by atoms with E-state index in [2.05, 4.69) is 48.2 Å². The number of hydrogen-bond acceptors (Lipinski definition) is 8. The second-order valence-corrected chi connectivity index (χ2v) is 17.2. The highest BCUT2D eigenvalue weighted by Gasteiger charge is 2.54. The van der Waals surface area contributed by atoms with E-state index in [4.69, 9.17) is 30.5 Å². The van der Waals surface area contributed by atoms with Crippen LogP contribution in [0, 0.1) is 17.8 Å². The first kappa shape index (κ1) is 38.7. The lowest BCUT2D eigenvalue weighted by Crippen LogP contribution is -2.53. The van der Waals surface area contributed by atoms with Crippen LogP contribution < -0.4 is 19.5 Å². The Balaban J connectivity index is 1.12. The third-order valence-corrected chi connectivity index (χ3v) is 13.0. The fourth-order valence-corrected chi connectivity index (χ4v) is 10.1. The summed E-state index contributed by atoms with van der Waals surface area (Å²) in [5.74, 6) is 3.12. The molecule has 2 N–H and O–H groups in total. The zero-order valence-corrected chi connectivity index (χ0v) is 33.3. The van der Waals surface area contributed by atoms with Crippen LogP contribution in [0.15, 0.2) is 48.7 Å². The zero-order chi connectivity index (χ0) is 37.9. The fourth-order valence-electron chi connectivity index (χ4n) is 9.92. The third kappa shape index (κ3) is 8.19.